The van der Waals surface area contributed by atoms with E-state index >= 15 is 0 Å². The van der Waals surface area contributed by atoms with E-state index in [4.69, 9.17) is 16.6 Å². The van der Waals surface area contributed by atoms with Gasteiger partial charge in [-0.2, -0.15) is 0 Å². The van der Waals surface area contributed by atoms with Crippen LogP contribution in [0.3, 0.4) is 0 Å². The highest BCUT2D eigenvalue weighted by atomic mass is 16.4. The van der Waals surface area contributed by atoms with Crippen molar-refractivity contribution in [3.63, 3.8) is 0 Å². The third-order valence-corrected chi connectivity index (χ3v) is 1.89. The van der Waals surface area contributed by atoms with Crippen LogP contribution >= 0.6 is 0 Å². The zero-order valence-electron chi connectivity index (χ0n) is 9.08. The number of aromatic nitrogens is 1. The number of hydrogen-bond donors (Lipinski definition) is 3. The topological polar surface area (TPSA) is 102 Å². The van der Waals surface area contributed by atoms with E-state index < -0.39 is 5.97 Å². The van der Waals surface area contributed by atoms with Crippen molar-refractivity contribution >= 4 is 17.5 Å². The number of pyridine rings is 1. The Kier molecular flexibility index (Phi) is 4.50. The van der Waals surface area contributed by atoms with Crippen LogP contribution in [0.5, 0.6) is 0 Å². The summed E-state index contributed by atoms with van der Waals surface area (Å²) >= 11 is 0. The molecule has 0 aliphatic rings. The molecule has 0 saturated carbocycles. The summed E-state index contributed by atoms with van der Waals surface area (Å²) in [7, 11) is 0. The van der Waals surface area contributed by atoms with Crippen LogP contribution in [0.2, 0.25) is 0 Å². The normalized spacial score (nSPS) is 8.94. The fourth-order valence-corrected chi connectivity index (χ4v) is 1.01. The molecule has 1 heterocycles. The molecule has 0 aliphatic carbocycles. The van der Waals surface area contributed by atoms with Crippen LogP contribution in [0, 0.1) is 0 Å². The molecule has 5 nitrogen and oxygen atoms in total. The molecule has 5 heteroatoms. The van der Waals surface area contributed by atoms with E-state index in [1.54, 1.807) is 48.7 Å². The Morgan fingerprint density at radius 2 is 1.71 bits per heavy atom. The molecule has 2 aromatic rings. The molecule has 0 fully saturated rings. The van der Waals surface area contributed by atoms with Crippen molar-refractivity contribution in [1.82, 2.24) is 4.98 Å². The monoisotopic (exact) mass is 231 g/mol. The summed E-state index contributed by atoms with van der Waals surface area (Å²) in [6.45, 7) is 0. The van der Waals surface area contributed by atoms with Crippen molar-refractivity contribution in [2.24, 2.45) is 0 Å². The molecule has 2 rings (SSSR count). The second-order valence-corrected chi connectivity index (χ2v) is 3.15. The minimum absolute atomic E-state index is 0.331. The summed E-state index contributed by atoms with van der Waals surface area (Å²) in [5.74, 6) is -0.483. The first-order chi connectivity index (χ1) is 8.11. The van der Waals surface area contributed by atoms with E-state index in [1.165, 1.54) is 0 Å². The van der Waals surface area contributed by atoms with Gasteiger partial charge in [0, 0.05) is 6.20 Å². The van der Waals surface area contributed by atoms with Crippen molar-refractivity contribution in [1.29, 1.82) is 0 Å². The largest absolute Gasteiger partial charge is 0.478 e. The number of nitrogens with zero attached hydrogens (tertiary/aromatic N) is 1. The van der Waals surface area contributed by atoms with Crippen molar-refractivity contribution in [2.45, 2.75) is 0 Å². The molecule has 88 valence electrons. The van der Waals surface area contributed by atoms with Gasteiger partial charge in [-0.3, -0.25) is 0 Å². The van der Waals surface area contributed by atoms with Gasteiger partial charge in [-0.1, -0.05) is 18.2 Å². The van der Waals surface area contributed by atoms with Crippen LogP contribution in [0.1, 0.15) is 10.4 Å². The summed E-state index contributed by atoms with van der Waals surface area (Å²) in [4.78, 5) is 13.9. The number of hydrogen-bond acceptors (Lipinski definition) is 4. The molecule has 1 aromatic heterocycles. The molecule has 5 N–H and O–H groups in total. The lowest BCUT2D eigenvalue weighted by Gasteiger charge is -1.92. The standard InChI is InChI=1S/C7H6O2.C5H7N3/c8-7(9)6-4-2-1-3-5-6;6-4-2-1-3-8-5(4)7/h1-5H,(H,8,9);1-3H,6H2,(H2,7,8). The predicted octanol–water partition coefficient (Wildman–Crippen LogP) is 1.63. The first-order valence-electron chi connectivity index (χ1n) is 4.85. The zero-order valence-corrected chi connectivity index (χ0v) is 9.08. The number of rotatable bonds is 1. The lowest BCUT2D eigenvalue weighted by molar-refractivity contribution is 0.0697. The molecule has 0 spiro atoms. The molecule has 0 atom stereocenters. The van der Waals surface area contributed by atoms with E-state index in [0.717, 1.165) is 0 Å². The Labute approximate surface area is 98.7 Å². The Morgan fingerprint density at radius 1 is 1.06 bits per heavy atom. The molecule has 0 unspecified atom stereocenters. The van der Waals surface area contributed by atoms with Crippen LogP contribution in [0.25, 0.3) is 0 Å². The lowest BCUT2D eigenvalue weighted by Crippen LogP contribution is -1.95. The summed E-state index contributed by atoms with van der Waals surface area (Å²) in [6, 6.07) is 11.7. The maximum atomic E-state index is 10.2. The fourth-order valence-electron chi connectivity index (χ4n) is 1.01. The quantitative estimate of drug-likeness (QED) is 0.692. The van der Waals surface area contributed by atoms with E-state index in [1.807, 2.05) is 0 Å². The Morgan fingerprint density at radius 3 is 2.06 bits per heavy atom. The number of carboxylic acid groups (broad SMARTS) is 1. The smallest absolute Gasteiger partial charge is 0.335 e. The highest BCUT2D eigenvalue weighted by molar-refractivity contribution is 5.87. The molecular weight excluding hydrogens is 218 g/mol. The maximum Gasteiger partial charge on any atom is 0.335 e. The molecule has 0 radical (unpaired) electrons. The number of nitrogens with two attached hydrogens (primary N) is 2. The van der Waals surface area contributed by atoms with Gasteiger partial charge in [-0.15, -0.1) is 0 Å². The van der Waals surface area contributed by atoms with Crippen molar-refractivity contribution in [3.8, 4) is 0 Å². The summed E-state index contributed by atoms with van der Waals surface area (Å²) in [6.07, 6.45) is 1.60. The van der Waals surface area contributed by atoms with Crippen molar-refractivity contribution in [2.75, 3.05) is 11.5 Å². The van der Waals surface area contributed by atoms with Crippen molar-refractivity contribution in [3.05, 3.63) is 54.2 Å². The number of nitrogen functional groups attached to an aromatic ring is 2. The van der Waals surface area contributed by atoms with Crippen LogP contribution in [-0.4, -0.2) is 16.1 Å². The summed E-state index contributed by atoms with van der Waals surface area (Å²) < 4.78 is 0. The molecule has 0 saturated heterocycles. The number of aromatic carboxylic acids is 1. The molecule has 0 aliphatic heterocycles. The summed E-state index contributed by atoms with van der Waals surface area (Å²) in [5, 5.41) is 8.38. The minimum Gasteiger partial charge on any atom is -0.478 e. The van der Waals surface area contributed by atoms with Gasteiger partial charge in [0.15, 0.2) is 0 Å². The first kappa shape index (κ1) is 12.5. The van der Waals surface area contributed by atoms with Gasteiger partial charge in [0.25, 0.3) is 0 Å². The maximum absolute atomic E-state index is 10.2. The third kappa shape index (κ3) is 4.21. The predicted molar refractivity (Wildman–Crippen MR) is 66.5 cm³/mol. The minimum atomic E-state index is -0.879. The molecule has 0 bridgehead atoms. The van der Waals surface area contributed by atoms with E-state index in [0.29, 0.717) is 17.1 Å². The van der Waals surface area contributed by atoms with E-state index in [2.05, 4.69) is 4.98 Å². The number of carboxylic acids is 1. The Balaban J connectivity index is 0.000000171. The summed E-state index contributed by atoms with van der Waals surface area (Å²) in [5.41, 5.74) is 11.5. The van der Waals surface area contributed by atoms with Gasteiger partial charge in [-0.25, -0.2) is 9.78 Å². The Hall–Kier alpha value is -2.56. The number of anilines is 2. The van der Waals surface area contributed by atoms with Crippen LogP contribution in [0.15, 0.2) is 48.7 Å². The lowest BCUT2D eigenvalue weighted by atomic mass is 10.2. The molecule has 17 heavy (non-hydrogen) atoms. The Bertz CT molecular complexity index is 465. The highest BCUT2D eigenvalue weighted by Crippen LogP contribution is 2.06. The van der Waals surface area contributed by atoms with Gasteiger partial charge < -0.3 is 16.6 Å². The van der Waals surface area contributed by atoms with E-state index in [-0.39, 0.29) is 0 Å². The number of carbonyl (C=O) groups is 1. The second kappa shape index (κ2) is 6.12. The van der Waals surface area contributed by atoms with Crippen LogP contribution < -0.4 is 11.5 Å². The van der Waals surface area contributed by atoms with Crippen LogP contribution in [0.4, 0.5) is 11.5 Å². The van der Waals surface area contributed by atoms with Gasteiger partial charge in [-0.05, 0) is 24.3 Å². The van der Waals surface area contributed by atoms with Gasteiger partial charge in [0.2, 0.25) is 0 Å². The van der Waals surface area contributed by atoms with Crippen LogP contribution in [-0.2, 0) is 0 Å². The molecular formula is C12H13N3O2. The molecule has 0 amide bonds. The highest BCUT2D eigenvalue weighted by Gasteiger charge is 1.96. The van der Waals surface area contributed by atoms with Crippen molar-refractivity contribution < 1.29 is 9.90 Å². The van der Waals surface area contributed by atoms with Gasteiger partial charge in [0.1, 0.15) is 5.82 Å². The SMILES string of the molecule is Nc1cccnc1N.O=C(O)c1ccccc1. The average molecular weight is 231 g/mol. The zero-order chi connectivity index (χ0) is 12.7. The third-order valence-electron chi connectivity index (χ3n) is 1.89. The van der Waals surface area contributed by atoms with Gasteiger partial charge in [0.05, 0.1) is 11.3 Å². The second-order valence-electron chi connectivity index (χ2n) is 3.15. The van der Waals surface area contributed by atoms with Gasteiger partial charge >= 0.3 is 5.97 Å². The van der Waals surface area contributed by atoms with E-state index in [9.17, 15) is 4.79 Å². The molecule has 1 aromatic carbocycles. The first-order valence-corrected chi connectivity index (χ1v) is 4.85. The number of benzene rings is 1. The average Bonchev–Trinajstić information content (AvgIpc) is 2.35. The fraction of sp³-hybridized carbons (Fsp3) is 0.